The quantitative estimate of drug-likeness (QED) is 0.841. The van der Waals surface area contributed by atoms with Gasteiger partial charge in [0, 0.05) is 17.7 Å². The fourth-order valence-electron chi connectivity index (χ4n) is 1.70. The Kier molecular flexibility index (Phi) is 4.73. The number of thiazole rings is 1. The highest BCUT2D eigenvalue weighted by Crippen LogP contribution is 2.14. The molecule has 18 heavy (non-hydrogen) atoms. The van der Waals surface area contributed by atoms with Crippen LogP contribution in [0.4, 0.5) is 5.69 Å². The number of hydrogen-bond donors (Lipinski definition) is 2. The first-order valence-corrected chi connectivity index (χ1v) is 7.06. The highest BCUT2D eigenvalue weighted by atomic mass is 32.1. The van der Waals surface area contributed by atoms with Gasteiger partial charge < -0.3 is 10.4 Å². The molecule has 0 radical (unpaired) electrons. The van der Waals surface area contributed by atoms with Crippen LogP contribution in [0.15, 0.2) is 29.6 Å². The van der Waals surface area contributed by atoms with Crippen molar-refractivity contribution < 1.29 is 5.11 Å². The van der Waals surface area contributed by atoms with Crippen molar-refractivity contribution in [3.8, 4) is 0 Å². The maximum absolute atomic E-state index is 8.84. The van der Waals surface area contributed by atoms with Gasteiger partial charge in [-0.25, -0.2) is 4.98 Å². The summed E-state index contributed by atoms with van der Waals surface area (Å²) in [6.07, 6.45) is 1.72. The molecule has 0 aliphatic heterocycles. The first-order chi connectivity index (χ1) is 8.81. The molecule has 3 nitrogen and oxygen atoms in total. The highest BCUT2D eigenvalue weighted by Gasteiger charge is 2.00. The van der Waals surface area contributed by atoms with Crippen LogP contribution in [-0.4, -0.2) is 16.7 Å². The molecule has 4 heteroatoms. The maximum Gasteiger partial charge on any atom is 0.0926 e. The van der Waals surface area contributed by atoms with Gasteiger partial charge in [0.25, 0.3) is 0 Å². The Morgan fingerprint density at radius 2 is 2.06 bits per heavy atom. The molecule has 1 aromatic carbocycles. The maximum atomic E-state index is 8.84. The Morgan fingerprint density at radius 3 is 2.67 bits per heavy atom. The molecule has 0 atom stereocenters. The number of aryl methyl sites for hydroxylation is 1. The van der Waals surface area contributed by atoms with Crippen LogP contribution in [0.2, 0.25) is 0 Å². The molecule has 0 aliphatic carbocycles. The average molecular weight is 262 g/mol. The largest absolute Gasteiger partial charge is 0.396 e. The van der Waals surface area contributed by atoms with Crippen molar-refractivity contribution in [2.24, 2.45) is 0 Å². The minimum Gasteiger partial charge on any atom is -0.396 e. The van der Waals surface area contributed by atoms with Gasteiger partial charge in [0.15, 0.2) is 0 Å². The third-order valence-corrected chi connectivity index (χ3v) is 3.77. The van der Waals surface area contributed by atoms with E-state index in [0.717, 1.165) is 29.9 Å². The summed E-state index contributed by atoms with van der Waals surface area (Å²) in [4.78, 5) is 4.51. The first kappa shape index (κ1) is 13.1. The molecule has 1 heterocycles. The second-order valence-electron chi connectivity index (χ2n) is 4.11. The van der Waals surface area contributed by atoms with Gasteiger partial charge >= 0.3 is 0 Å². The number of aliphatic hydroxyl groups excluding tert-OH is 1. The Labute approximate surface area is 112 Å². The Hall–Kier alpha value is -1.39. The molecular formula is C14H18N2OS. The van der Waals surface area contributed by atoms with Gasteiger partial charge in [0.1, 0.15) is 0 Å². The highest BCUT2D eigenvalue weighted by molar-refractivity contribution is 7.09. The van der Waals surface area contributed by atoms with Crippen molar-refractivity contribution in [3.63, 3.8) is 0 Å². The van der Waals surface area contributed by atoms with Gasteiger partial charge in [-0.2, -0.15) is 0 Å². The number of nitrogens with one attached hydrogen (secondary N) is 1. The molecule has 0 spiro atoms. The average Bonchev–Trinajstić information content (AvgIpc) is 2.86. The summed E-state index contributed by atoms with van der Waals surface area (Å²) in [6, 6.07) is 8.16. The number of nitrogens with zero attached hydrogens (tertiary/aromatic N) is 1. The summed E-state index contributed by atoms with van der Waals surface area (Å²) in [5.41, 5.74) is 3.34. The van der Waals surface area contributed by atoms with E-state index in [1.54, 1.807) is 11.3 Å². The molecule has 2 rings (SSSR count). The van der Waals surface area contributed by atoms with Crippen LogP contribution in [-0.2, 0) is 19.4 Å². The number of hydrogen-bond acceptors (Lipinski definition) is 4. The summed E-state index contributed by atoms with van der Waals surface area (Å²) < 4.78 is 0. The standard InChI is InChI=1S/C14H18N2OS/c1-2-14-16-13(10-18-14)9-15-12-5-3-11(4-6-12)7-8-17/h3-6,10,15,17H,2,7-9H2,1H3. The third-order valence-electron chi connectivity index (χ3n) is 2.73. The summed E-state index contributed by atoms with van der Waals surface area (Å²) >= 11 is 1.71. The number of rotatable bonds is 6. The minimum absolute atomic E-state index is 0.200. The first-order valence-electron chi connectivity index (χ1n) is 6.18. The van der Waals surface area contributed by atoms with E-state index in [0.29, 0.717) is 6.42 Å². The van der Waals surface area contributed by atoms with E-state index in [-0.39, 0.29) is 6.61 Å². The number of anilines is 1. The van der Waals surface area contributed by atoms with E-state index in [1.165, 1.54) is 5.01 Å². The second-order valence-corrected chi connectivity index (χ2v) is 5.05. The predicted molar refractivity (Wildman–Crippen MR) is 76.1 cm³/mol. The monoisotopic (exact) mass is 262 g/mol. The summed E-state index contributed by atoms with van der Waals surface area (Å²) in [5, 5.41) is 15.5. The Balaban J connectivity index is 1.89. The summed E-state index contributed by atoms with van der Waals surface area (Å²) in [7, 11) is 0. The van der Waals surface area contributed by atoms with Crippen LogP contribution in [0.1, 0.15) is 23.2 Å². The second kappa shape index (κ2) is 6.52. The van der Waals surface area contributed by atoms with Gasteiger partial charge in [0.2, 0.25) is 0 Å². The van der Waals surface area contributed by atoms with E-state index in [2.05, 4.69) is 22.6 Å². The zero-order valence-corrected chi connectivity index (χ0v) is 11.3. The molecule has 2 aromatic rings. The number of benzene rings is 1. The van der Waals surface area contributed by atoms with E-state index >= 15 is 0 Å². The molecule has 0 saturated carbocycles. The van der Waals surface area contributed by atoms with Crippen molar-refractivity contribution in [3.05, 3.63) is 45.9 Å². The zero-order chi connectivity index (χ0) is 12.8. The van der Waals surface area contributed by atoms with Gasteiger partial charge in [-0.3, -0.25) is 0 Å². The molecule has 0 saturated heterocycles. The van der Waals surface area contributed by atoms with E-state index in [4.69, 9.17) is 5.11 Å². The number of aromatic nitrogens is 1. The van der Waals surface area contributed by atoms with E-state index in [9.17, 15) is 0 Å². The predicted octanol–water partition coefficient (Wildman–Crippen LogP) is 2.85. The SMILES string of the molecule is CCc1nc(CNc2ccc(CCO)cc2)cs1. The molecule has 2 N–H and O–H groups in total. The molecule has 0 aliphatic rings. The Bertz CT molecular complexity index is 479. The van der Waals surface area contributed by atoms with Crippen molar-refractivity contribution in [1.29, 1.82) is 0 Å². The van der Waals surface area contributed by atoms with Crippen molar-refractivity contribution in [2.45, 2.75) is 26.3 Å². The molecule has 1 aromatic heterocycles. The molecule has 0 bridgehead atoms. The van der Waals surface area contributed by atoms with E-state index < -0.39 is 0 Å². The number of aliphatic hydroxyl groups is 1. The van der Waals surface area contributed by atoms with Crippen molar-refractivity contribution >= 4 is 17.0 Å². The van der Waals surface area contributed by atoms with Crippen LogP contribution in [0.3, 0.4) is 0 Å². The van der Waals surface area contributed by atoms with Gasteiger partial charge in [-0.1, -0.05) is 19.1 Å². The lowest BCUT2D eigenvalue weighted by atomic mass is 10.1. The molecule has 96 valence electrons. The Morgan fingerprint density at radius 1 is 1.28 bits per heavy atom. The van der Waals surface area contributed by atoms with Crippen molar-refractivity contribution in [1.82, 2.24) is 4.98 Å². The van der Waals surface area contributed by atoms with Crippen molar-refractivity contribution in [2.75, 3.05) is 11.9 Å². The van der Waals surface area contributed by atoms with Crippen LogP contribution in [0.5, 0.6) is 0 Å². The fraction of sp³-hybridized carbons (Fsp3) is 0.357. The van der Waals surface area contributed by atoms with Crippen LogP contribution < -0.4 is 5.32 Å². The molecular weight excluding hydrogens is 244 g/mol. The molecule has 0 amide bonds. The summed E-state index contributed by atoms with van der Waals surface area (Å²) in [6.45, 7) is 3.08. The lowest BCUT2D eigenvalue weighted by molar-refractivity contribution is 0.299. The lowest BCUT2D eigenvalue weighted by Gasteiger charge is -2.05. The zero-order valence-electron chi connectivity index (χ0n) is 10.5. The lowest BCUT2D eigenvalue weighted by Crippen LogP contribution is -2.00. The van der Waals surface area contributed by atoms with Gasteiger partial charge in [-0.15, -0.1) is 11.3 Å². The topological polar surface area (TPSA) is 45.2 Å². The smallest absolute Gasteiger partial charge is 0.0926 e. The molecule has 0 fully saturated rings. The third kappa shape index (κ3) is 3.55. The van der Waals surface area contributed by atoms with Crippen LogP contribution in [0.25, 0.3) is 0 Å². The van der Waals surface area contributed by atoms with Gasteiger partial charge in [-0.05, 0) is 30.5 Å². The summed E-state index contributed by atoms with van der Waals surface area (Å²) in [5.74, 6) is 0. The van der Waals surface area contributed by atoms with E-state index in [1.807, 2.05) is 24.3 Å². The normalized spacial score (nSPS) is 10.6. The van der Waals surface area contributed by atoms with Crippen LogP contribution >= 0.6 is 11.3 Å². The minimum atomic E-state index is 0.200. The molecule has 0 unspecified atom stereocenters. The fourth-order valence-corrected chi connectivity index (χ4v) is 2.45. The van der Waals surface area contributed by atoms with Crippen LogP contribution in [0, 0.1) is 0 Å². The van der Waals surface area contributed by atoms with Gasteiger partial charge in [0.05, 0.1) is 17.2 Å².